The molecule has 0 radical (unpaired) electrons. The third kappa shape index (κ3) is 2.83. The van der Waals surface area contributed by atoms with Crippen LogP contribution in [-0.4, -0.2) is 23.2 Å². The van der Waals surface area contributed by atoms with Crippen LogP contribution in [0.1, 0.15) is 17.0 Å². The number of halogens is 3. The molecule has 0 spiro atoms. The first-order valence-electron chi connectivity index (χ1n) is 7.21. The van der Waals surface area contributed by atoms with E-state index >= 15 is 0 Å². The first-order valence-corrected chi connectivity index (χ1v) is 8.09. The van der Waals surface area contributed by atoms with Crippen molar-refractivity contribution < 1.29 is 22.3 Å². The number of rotatable bonds is 2. The average Bonchev–Trinajstić information content (AvgIpc) is 3.21. The maximum Gasteiger partial charge on any atom is 0.416 e. The Kier molecular flexibility index (Phi) is 3.65. The van der Waals surface area contributed by atoms with Gasteiger partial charge in [0.05, 0.1) is 18.8 Å². The maximum atomic E-state index is 12.8. The van der Waals surface area contributed by atoms with Crippen LogP contribution in [0.25, 0.3) is 28.3 Å². The zero-order valence-electron chi connectivity index (χ0n) is 12.3. The van der Waals surface area contributed by atoms with E-state index in [0.717, 1.165) is 29.1 Å². The predicted octanol–water partition coefficient (Wildman–Crippen LogP) is 4.77. The van der Waals surface area contributed by atoms with Crippen LogP contribution in [0, 0.1) is 0 Å². The first-order chi connectivity index (χ1) is 11.5. The molecule has 0 fully saturated rings. The molecule has 3 aromatic rings. The Morgan fingerprint density at radius 1 is 1.17 bits per heavy atom. The molecular formula is C16H11F3N2O2S. The molecule has 0 saturated carbocycles. The minimum Gasteiger partial charge on any atom is -0.435 e. The minimum atomic E-state index is -4.41. The van der Waals surface area contributed by atoms with Gasteiger partial charge in [0.2, 0.25) is 5.89 Å². The molecule has 0 aliphatic carbocycles. The van der Waals surface area contributed by atoms with E-state index in [1.165, 1.54) is 17.4 Å². The van der Waals surface area contributed by atoms with E-state index in [0.29, 0.717) is 24.4 Å². The summed E-state index contributed by atoms with van der Waals surface area (Å²) in [7, 11) is 0. The van der Waals surface area contributed by atoms with Crippen molar-refractivity contribution in [2.24, 2.45) is 0 Å². The molecule has 4 rings (SSSR count). The maximum absolute atomic E-state index is 12.8. The van der Waals surface area contributed by atoms with Crippen molar-refractivity contribution in [3.63, 3.8) is 0 Å². The Morgan fingerprint density at radius 2 is 2.04 bits per heavy atom. The molecule has 2 aromatic heterocycles. The summed E-state index contributed by atoms with van der Waals surface area (Å²) < 4.78 is 49.0. The van der Waals surface area contributed by atoms with Gasteiger partial charge in [-0.15, -0.1) is 11.3 Å². The summed E-state index contributed by atoms with van der Waals surface area (Å²) in [4.78, 5) is 8.72. The fourth-order valence-corrected chi connectivity index (χ4v) is 3.32. The lowest BCUT2D eigenvalue weighted by molar-refractivity contribution is -0.137. The number of alkyl halides is 3. The quantitative estimate of drug-likeness (QED) is 0.666. The van der Waals surface area contributed by atoms with E-state index < -0.39 is 11.7 Å². The largest absolute Gasteiger partial charge is 0.435 e. The van der Waals surface area contributed by atoms with Crippen molar-refractivity contribution in [2.75, 3.05) is 13.2 Å². The standard InChI is InChI=1S/C16H11F3N2O2S/c17-16(18,19)10-1-2-11-13(7-10)23-14(20-11)12-8-24-15(21-12)9-3-5-22-6-4-9/h1-3,7-8H,4-6H2. The number of hydrogen-bond donors (Lipinski definition) is 0. The third-order valence-corrected chi connectivity index (χ3v) is 4.59. The molecule has 0 N–H and O–H groups in total. The average molecular weight is 352 g/mol. The highest BCUT2D eigenvalue weighted by atomic mass is 32.1. The van der Waals surface area contributed by atoms with Crippen molar-refractivity contribution in [3.8, 4) is 11.6 Å². The molecule has 24 heavy (non-hydrogen) atoms. The SMILES string of the molecule is FC(F)(F)c1ccc2nc(-c3csc(C4=CCOCC4)n3)oc2c1. The van der Waals surface area contributed by atoms with E-state index in [-0.39, 0.29) is 11.5 Å². The highest BCUT2D eigenvalue weighted by Gasteiger charge is 2.31. The van der Waals surface area contributed by atoms with E-state index in [1.807, 2.05) is 6.08 Å². The van der Waals surface area contributed by atoms with E-state index in [1.54, 1.807) is 5.38 Å². The van der Waals surface area contributed by atoms with E-state index in [2.05, 4.69) is 9.97 Å². The number of fused-ring (bicyclic) bond motifs is 1. The Balaban J connectivity index is 1.69. The van der Waals surface area contributed by atoms with Gasteiger partial charge >= 0.3 is 6.18 Å². The molecule has 0 unspecified atom stereocenters. The van der Waals surface area contributed by atoms with Crippen LogP contribution in [0.2, 0.25) is 0 Å². The number of ether oxygens (including phenoxy) is 1. The lowest BCUT2D eigenvalue weighted by atomic mass is 10.2. The number of thiazole rings is 1. The zero-order chi connectivity index (χ0) is 16.7. The van der Waals surface area contributed by atoms with Crippen LogP contribution in [-0.2, 0) is 10.9 Å². The predicted molar refractivity (Wildman–Crippen MR) is 83.5 cm³/mol. The second-order valence-corrected chi connectivity index (χ2v) is 6.15. The van der Waals surface area contributed by atoms with E-state index in [4.69, 9.17) is 9.15 Å². The number of aromatic nitrogens is 2. The third-order valence-electron chi connectivity index (χ3n) is 3.68. The Labute approximate surface area is 138 Å². The molecule has 0 atom stereocenters. The summed E-state index contributed by atoms with van der Waals surface area (Å²) in [5.74, 6) is 0.222. The Morgan fingerprint density at radius 3 is 2.79 bits per heavy atom. The van der Waals surface area contributed by atoms with Crippen LogP contribution < -0.4 is 0 Å². The van der Waals surface area contributed by atoms with Gasteiger partial charge in [-0.2, -0.15) is 13.2 Å². The molecule has 0 saturated heterocycles. The molecular weight excluding hydrogens is 341 g/mol. The molecule has 0 bridgehead atoms. The Bertz CT molecular complexity index is 927. The number of benzene rings is 1. The van der Waals surface area contributed by atoms with Gasteiger partial charge in [-0.3, -0.25) is 0 Å². The van der Waals surface area contributed by atoms with Crippen LogP contribution in [0.5, 0.6) is 0 Å². The number of nitrogens with zero attached hydrogens (tertiary/aromatic N) is 2. The summed E-state index contributed by atoms with van der Waals surface area (Å²) in [6, 6.07) is 3.26. The summed E-state index contributed by atoms with van der Waals surface area (Å²) in [6.07, 6.45) is -1.65. The summed E-state index contributed by atoms with van der Waals surface area (Å²) in [5, 5.41) is 2.65. The summed E-state index contributed by atoms with van der Waals surface area (Å²) in [5.41, 5.74) is 1.33. The first kappa shape index (κ1) is 15.3. The highest BCUT2D eigenvalue weighted by molar-refractivity contribution is 7.11. The number of hydrogen-bond acceptors (Lipinski definition) is 5. The molecule has 4 nitrogen and oxygen atoms in total. The molecule has 1 aliphatic rings. The van der Waals surface area contributed by atoms with Gasteiger partial charge in [-0.1, -0.05) is 6.08 Å². The zero-order valence-corrected chi connectivity index (χ0v) is 13.1. The van der Waals surface area contributed by atoms with Crippen LogP contribution in [0.4, 0.5) is 13.2 Å². The molecule has 0 amide bonds. The lowest BCUT2D eigenvalue weighted by Gasteiger charge is -2.10. The lowest BCUT2D eigenvalue weighted by Crippen LogP contribution is -2.03. The van der Waals surface area contributed by atoms with Crippen LogP contribution >= 0.6 is 11.3 Å². The van der Waals surface area contributed by atoms with E-state index in [9.17, 15) is 13.2 Å². The molecule has 124 valence electrons. The Hall–Kier alpha value is -2.19. The van der Waals surface area contributed by atoms with Crippen LogP contribution in [0.15, 0.2) is 34.1 Å². The van der Waals surface area contributed by atoms with Gasteiger partial charge in [-0.25, -0.2) is 9.97 Å². The van der Waals surface area contributed by atoms with Crippen molar-refractivity contribution in [2.45, 2.75) is 12.6 Å². The van der Waals surface area contributed by atoms with Crippen molar-refractivity contribution >= 4 is 28.0 Å². The van der Waals surface area contributed by atoms with Crippen molar-refractivity contribution in [3.05, 3.63) is 40.2 Å². The fraction of sp³-hybridized carbons (Fsp3) is 0.250. The second kappa shape index (κ2) is 5.71. The van der Waals surface area contributed by atoms with Gasteiger partial charge in [-0.05, 0) is 30.2 Å². The smallest absolute Gasteiger partial charge is 0.416 e. The highest BCUT2D eigenvalue weighted by Crippen LogP contribution is 2.34. The topological polar surface area (TPSA) is 48.2 Å². The second-order valence-electron chi connectivity index (χ2n) is 5.29. The van der Waals surface area contributed by atoms with Crippen molar-refractivity contribution in [1.82, 2.24) is 9.97 Å². The van der Waals surface area contributed by atoms with Gasteiger partial charge in [0.15, 0.2) is 5.58 Å². The fourth-order valence-electron chi connectivity index (χ4n) is 2.45. The summed E-state index contributed by atoms with van der Waals surface area (Å²) >= 11 is 1.45. The van der Waals surface area contributed by atoms with Crippen molar-refractivity contribution in [1.29, 1.82) is 0 Å². The van der Waals surface area contributed by atoms with Gasteiger partial charge in [0.1, 0.15) is 16.2 Å². The minimum absolute atomic E-state index is 0.0969. The normalized spacial score (nSPS) is 15.7. The van der Waals surface area contributed by atoms with Crippen LogP contribution in [0.3, 0.4) is 0 Å². The number of oxazole rings is 1. The monoisotopic (exact) mass is 352 g/mol. The molecule has 8 heteroatoms. The molecule has 1 aromatic carbocycles. The van der Waals surface area contributed by atoms with Gasteiger partial charge < -0.3 is 9.15 Å². The molecule has 1 aliphatic heterocycles. The van der Waals surface area contributed by atoms with Gasteiger partial charge in [0.25, 0.3) is 0 Å². The van der Waals surface area contributed by atoms with Gasteiger partial charge in [0, 0.05) is 5.38 Å². The summed E-state index contributed by atoms with van der Waals surface area (Å²) in [6.45, 7) is 1.22. The molecule has 3 heterocycles.